The van der Waals surface area contributed by atoms with E-state index in [1.54, 1.807) is 0 Å². The lowest BCUT2D eigenvalue weighted by Gasteiger charge is -2.40. The lowest BCUT2D eigenvalue weighted by Crippen LogP contribution is -2.60. The monoisotopic (exact) mass is 786 g/mol. The van der Waals surface area contributed by atoms with Crippen molar-refractivity contribution in [1.82, 2.24) is 5.32 Å². The molecule has 7 atom stereocenters. The number of aliphatic hydroxyl groups excluding tert-OH is 5. The summed E-state index contributed by atoms with van der Waals surface area (Å²) >= 11 is 0. The van der Waals surface area contributed by atoms with Crippen LogP contribution in [0, 0.1) is 0 Å². The number of nitrogens with one attached hydrogen (secondary N) is 1. The van der Waals surface area contributed by atoms with Crippen LogP contribution in [0.3, 0.4) is 0 Å². The van der Waals surface area contributed by atoms with Gasteiger partial charge >= 0.3 is 0 Å². The number of ether oxygens (including phenoxy) is 2. The third-order valence-corrected chi connectivity index (χ3v) is 11.7. The van der Waals surface area contributed by atoms with Crippen LogP contribution < -0.4 is 5.32 Å². The first-order valence-corrected chi connectivity index (χ1v) is 23.7. The standard InChI is InChI=1S/C46H91NO8/c1-3-5-7-9-11-13-15-17-18-19-20-21-22-24-26-28-30-32-34-36-42(50)47-39(38-54-46-45(53)44(52)43(51)41(37-48)55-46)40(49)35-33-31-29-27-25-23-16-14-12-10-8-6-4-2/h39-41,43-46,48-49,51-53H,3-38H2,1-2H3,(H,47,50)/t39-,40+,41+,43-,44-,45+,46+/m0/s1. The Kier molecular flexibility index (Phi) is 35.6. The van der Waals surface area contributed by atoms with Crippen LogP contribution in [0.15, 0.2) is 0 Å². The Morgan fingerprint density at radius 2 is 0.909 bits per heavy atom. The summed E-state index contributed by atoms with van der Waals surface area (Å²) in [5.74, 6) is -0.140. The third-order valence-electron chi connectivity index (χ3n) is 11.7. The second-order valence-corrected chi connectivity index (χ2v) is 16.9. The zero-order valence-corrected chi connectivity index (χ0v) is 36.0. The van der Waals surface area contributed by atoms with Gasteiger partial charge in [0.25, 0.3) is 0 Å². The minimum Gasteiger partial charge on any atom is -0.394 e. The molecule has 0 aliphatic carbocycles. The van der Waals surface area contributed by atoms with Crippen LogP contribution in [-0.2, 0) is 14.3 Å². The number of amides is 1. The summed E-state index contributed by atoms with van der Waals surface area (Å²) in [5.41, 5.74) is 0. The van der Waals surface area contributed by atoms with Gasteiger partial charge in [-0.15, -0.1) is 0 Å². The highest BCUT2D eigenvalue weighted by Crippen LogP contribution is 2.23. The molecule has 0 unspecified atom stereocenters. The molecular weight excluding hydrogens is 695 g/mol. The first-order valence-electron chi connectivity index (χ1n) is 23.7. The van der Waals surface area contributed by atoms with E-state index in [0.717, 1.165) is 38.5 Å². The molecule has 1 heterocycles. The SMILES string of the molecule is CCCCCCCCCCCCCCCCCCCCCC(=O)N[C@@H](CO[C@@H]1O[C@H](CO)[C@H](O)[C@H](O)[C@H]1O)[C@H](O)CCCCCCCCCCCCCCC. The van der Waals surface area contributed by atoms with Crippen molar-refractivity contribution in [3.05, 3.63) is 0 Å². The Morgan fingerprint density at radius 1 is 0.545 bits per heavy atom. The van der Waals surface area contributed by atoms with Gasteiger partial charge in [-0.05, 0) is 12.8 Å². The molecule has 6 N–H and O–H groups in total. The number of hydrogen-bond donors (Lipinski definition) is 6. The molecule has 9 heteroatoms. The van der Waals surface area contributed by atoms with Gasteiger partial charge in [0.1, 0.15) is 24.4 Å². The van der Waals surface area contributed by atoms with Crippen molar-refractivity contribution < 1.29 is 39.8 Å². The van der Waals surface area contributed by atoms with E-state index in [4.69, 9.17) is 9.47 Å². The van der Waals surface area contributed by atoms with Gasteiger partial charge in [0.2, 0.25) is 5.91 Å². The Balaban J connectivity index is 2.28. The molecule has 0 aromatic rings. The fourth-order valence-corrected chi connectivity index (χ4v) is 7.87. The molecule has 0 aromatic heterocycles. The van der Waals surface area contributed by atoms with Crippen molar-refractivity contribution in [3.63, 3.8) is 0 Å². The fourth-order valence-electron chi connectivity index (χ4n) is 7.87. The summed E-state index contributed by atoms with van der Waals surface area (Å²) in [6, 6.07) is -0.711. The molecule has 1 fully saturated rings. The number of rotatable bonds is 40. The lowest BCUT2D eigenvalue weighted by atomic mass is 9.99. The van der Waals surface area contributed by atoms with Gasteiger partial charge in [-0.1, -0.05) is 213 Å². The smallest absolute Gasteiger partial charge is 0.220 e. The van der Waals surface area contributed by atoms with Crippen LogP contribution in [0.4, 0.5) is 0 Å². The van der Waals surface area contributed by atoms with E-state index < -0.39 is 49.5 Å². The summed E-state index contributed by atoms with van der Waals surface area (Å²) in [4.78, 5) is 13.0. The van der Waals surface area contributed by atoms with Gasteiger partial charge < -0.3 is 40.3 Å². The van der Waals surface area contributed by atoms with Crippen molar-refractivity contribution >= 4 is 5.91 Å². The van der Waals surface area contributed by atoms with E-state index in [2.05, 4.69) is 19.2 Å². The zero-order valence-electron chi connectivity index (χ0n) is 36.0. The van der Waals surface area contributed by atoms with Gasteiger partial charge in [-0.3, -0.25) is 4.79 Å². The average molecular weight is 786 g/mol. The molecule has 1 saturated heterocycles. The van der Waals surface area contributed by atoms with Crippen molar-refractivity contribution in [3.8, 4) is 0 Å². The maximum absolute atomic E-state index is 13.0. The Labute approximate surface area is 338 Å². The van der Waals surface area contributed by atoms with Crippen LogP contribution >= 0.6 is 0 Å². The maximum Gasteiger partial charge on any atom is 0.220 e. The first kappa shape index (κ1) is 52.2. The second-order valence-electron chi connectivity index (χ2n) is 16.9. The van der Waals surface area contributed by atoms with E-state index in [9.17, 15) is 30.3 Å². The molecule has 0 saturated carbocycles. The fraction of sp³-hybridized carbons (Fsp3) is 0.978. The topological polar surface area (TPSA) is 149 Å². The van der Waals surface area contributed by atoms with Crippen LogP contribution in [0.1, 0.15) is 232 Å². The summed E-state index contributed by atoms with van der Waals surface area (Å²) in [6.45, 7) is 3.85. The largest absolute Gasteiger partial charge is 0.394 e. The predicted molar refractivity (Wildman–Crippen MR) is 226 cm³/mol. The van der Waals surface area contributed by atoms with E-state index in [0.29, 0.717) is 12.8 Å². The highest BCUT2D eigenvalue weighted by atomic mass is 16.7. The number of aliphatic hydroxyl groups is 5. The number of hydrogen-bond acceptors (Lipinski definition) is 8. The molecule has 1 rings (SSSR count). The lowest BCUT2D eigenvalue weighted by molar-refractivity contribution is -0.302. The Hall–Kier alpha value is -0.810. The van der Waals surface area contributed by atoms with Crippen LogP contribution in [0.25, 0.3) is 0 Å². The van der Waals surface area contributed by atoms with Crippen molar-refractivity contribution in [2.45, 2.75) is 275 Å². The van der Waals surface area contributed by atoms with Crippen molar-refractivity contribution in [2.24, 2.45) is 0 Å². The minimum absolute atomic E-state index is 0.132. The second kappa shape index (κ2) is 37.5. The molecule has 1 amide bonds. The van der Waals surface area contributed by atoms with Gasteiger partial charge in [-0.25, -0.2) is 0 Å². The Bertz CT molecular complexity index is 832. The molecule has 1 aliphatic heterocycles. The summed E-state index contributed by atoms with van der Waals surface area (Å²) < 4.78 is 11.3. The van der Waals surface area contributed by atoms with Crippen molar-refractivity contribution in [1.29, 1.82) is 0 Å². The van der Waals surface area contributed by atoms with E-state index in [-0.39, 0.29) is 12.5 Å². The average Bonchev–Trinajstić information content (AvgIpc) is 3.18. The quantitative estimate of drug-likeness (QED) is 0.0337. The number of unbranched alkanes of at least 4 members (excludes halogenated alkanes) is 30. The molecule has 9 nitrogen and oxygen atoms in total. The predicted octanol–water partition coefficient (Wildman–Crippen LogP) is 9.95. The van der Waals surface area contributed by atoms with E-state index >= 15 is 0 Å². The van der Waals surface area contributed by atoms with E-state index in [1.807, 2.05) is 0 Å². The molecule has 0 radical (unpaired) electrons. The molecule has 55 heavy (non-hydrogen) atoms. The van der Waals surface area contributed by atoms with Crippen molar-refractivity contribution in [2.75, 3.05) is 13.2 Å². The molecule has 328 valence electrons. The van der Waals surface area contributed by atoms with Gasteiger partial charge in [0.15, 0.2) is 6.29 Å². The number of carbonyl (C=O) groups excluding carboxylic acids is 1. The highest BCUT2D eigenvalue weighted by Gasteiger charge is 2.44. The molecule has 0 spiro atoms. The Morgan fingerprint density at radius 3 is 1.29 bits per heavy atom. The number of carbonyl (C=O) groups is 1. The summed E-state index contributed by atoms with van der Waals surface area (Å²) in [5, 5.41) is 54.3. The minimum atomic E-state index is -1.55. The van der Waals surface area contributed by atoms with Gasteiger partial charge in [0, 0.05) is 6.42 Å². The molecular formula is C46H91NO8. The van der Waals surface area contributed by atoms with E-state index in [1.165, 1.54) is 167 Å². The summed E-state index contributed by atoms with van der Waals surface area (Å²) in [6.07, 6.45) is 33.9. The normalized spacial score (nSPS) is 21.2. The van der Waals surface area contributed by atoms with Crippen LogP contribution in [0.5, 0.6) is 0 Å². The highest BCUT2D eigenvalue weighted by molar-refractivity contribution is 5.76. The maximum atomic E-state index is 13.0. The van der Waals surface area contributed by atoms with Crippen LogP contribution in [0.2, 0.25) is 0 Å². The van der Waals surface area contributed by atoms with Crippen LogP contribution in [-0.4, -0.2) is 87.5 Å². The third kappa shape index (κ3) is 28.3. The van der Waals surface area contributed by atoms with Gasteiger partial charge in [-0.2, -0.15) is 0 Å². The van der Waals surface area contributed by atoms with Gasteiger partial charge in [0.05, 0.1) is 25.4 Å². The molecule has 0 bridgehead atoms. The first-order chi connectivity index (χ1) is 26.8. The molecule has 1 aliphatic rings. The molecule has 0 aromatic carbocycles. The summed E-state index contributed by atoms with van der Waals surface area (Å²) in [7, 11) is 0. The zero-order chi connectivity index (χ0) is 40.2.